The third-order valence-electron chi connectivity index (χ3n) is 10.6. The van der Waals surface area contributed by atoms with Gasteiger partial charge in [0.25, 0.3) is 11.8 Å². The second kappa shape index (κ2) is 15.0. The van der Waals surface area contributed by atoms with Crippen LogP contribution in [-0.2, 0) is 35.6 Å². The Kier molecular flexibility index (Phi) is 10.9. The van der Waals surface area contributed by atoms with Crippen molar-refractivity contribution in [1.29, 1.82) is 0 Å². The van der Waals surface area contributed by atoms with Crippen LogP contribution in [0.15, 0.2) is 18.2 Å². The number of hydrogen-bond acceptors (Lipinski definition) is 11. The molecule has 2 aliphatic carbocycles. The SMILES string of the molecule is COc1ccc2cc1CCCCCCOC(=O)N[C@@H](C(C)(C)C)C(=O)N1C[C@@H](C[C@H]1C(=O)N[C@]1(C(=O)NS(=O)(=O)C3CC3)CCC(F)(F)C1)c1nnn-2n1. The van der Waals surface area contributed by atoms with E-state index in [-0.39, 0.29) is 25.4 Å². The van der Waals surface area contributed by atoms with Gasteiger partial charge in [0.05, 0.1) is 24.7 Å². The molecule has 2 saturated carbocycles. The largest absolute Gasteiger partial charge is 0.496 e. The zero-order valence-electron chi connectivity index (χ0n) is 30.9. The average Bonchev–Trinajstić information content (AvgIpc) is 3.55. The zero-order valence-corrected chi connectivity index (χ0v) is 31.7. The number of amides is 4. The highest BCUT2D eigenvalue weighted by atomic mass is 32.2. The van der Waals surface area contributed by atoms with Gasteiger partial charge in [-0.25, -0.2) is 22.0 Å². The van der Waals surface area contributed by atoms with E-state index in [2.05, 4.69) is 26.0 Å². The summed E-state index contributed by atoms with van der Waals surface area (Å²) in [7, 11) is -2.55. The smallest absolute Gasteiger partial charge is 0.407 e. The topological polar surface area (TPSA) is 204 Å². The molecule has 1 aromatic heterocycles. The van der Waals surface area contributed by atoms with E-state index in [0.717, 1.165) is 24.8 Å². The molecular formula is C35H48F2N8O8S. The molecule has 1 aromatic carbocycles. The van der Waals surface area contributed by atoms with Gasteiger partial charge in [-0.15, -0.1) is 15.0 Å². The molecule has 16 nitrogen and oxygen atoms in total. The molecular weight excluding hydrogens is 730 g/mol. The summed E-state index contributed by atoms with van der Waals surface area (Å²) < 4.78 is 67.9. The second-order valence-corrected chi connectivity index (χ2v) is 17.9. The molecule has 0 unspecified atom stereocenters. The van der Waals surface area contributed by atoms with E-state index >= 15 is 0 Å². The van der Waals surface area contributed by atoms with Crippen molar-refractivity contribution in [1.82, 2.24) is 40.5 Å². The Morgan fingerprint density at radius 2 is 1.83 bits per heavy atom. The monoisotopic (exact) mass is 778 g/mol. The number of carbonyl (C=O) groups excluding carboxylic acids is 4. The number of nitrogens with zero attached hydrogens (tertiary/aromatic N) is 5. The third kappa shape index (κ3) is 8.60. The number of tetrazole rings is 1. The van der Waals surface area contributed by atoms with E-state index in [1.165, 1.54) is 9.70 Å². The zero-order chi connectivity index (χ0) is 39.1. The van der Waals surface area contributed by atoms with Crippen LogP contribution in [-0.4, -0.2) is 106 Å². The van der Waals surface area contributed by atoms with Gasteiger partial charge in [0, 0.05) is 25.3 Å². The van der Waals surface area contributed by atoms with Crippen LogP contribution in [0.1, 0.15) is 102 Å². The van der Waals surface area contributed by atoms with Gasteiger partial charge in [-0.05, 0) is 79.3 Å². The fourth-order valence-corrected chi connectivity index (χ4v) is 8.76. The number of rotatable bonds is 6. The molecule has 3 fully saturated rings. The van der Waals surface area contributed by atoms with Gasteiger partial charge in [0.15, 0.2) is 5.82 Å². The van der Waals surface area contributed by atoms with E-state index in [9.17, 15) is 36.4 Å². The van der Waals surface area contributed by atoms with Gasteiger partial charge in [-0.2, -0.15) is 0 Å². The number of hydrogen-bond donors (Lipinski definition) is 3. The molecule has 19 heteroatoms. The fourth-order valence-electron chi connectivity index (χ4n) is 7.39. The van der Waals surface area contributed by atoms with Crippen molar-refractivity contribution in [2.45, 2.75) is 126 Å². The predicted molar refractivity (Wildman–Crippen MR) is 188 cm³/mol. The lowest BCUT2D eigenvalue weighted by molar-refractivity contribution is -0.143. The highest BCUT2D eigenvalue weighted by Crippen LogP contribution is 2.43. The minimum Gasteiger partial charge on any atom is -0.496 e. The van der Waals surface area contributed by atoms with Crippen molar-refractivity contribution in [3.8, 4) is 11.4 Å². The number of carbonyl (C=O) groups is 4. The van der Waals surface area contributed by atoms with Gasteiger partial charge in [-0.1, -0.05) is 33.6 Å². The van der Waals surface area contributed by atoms with Gasteiger partial charge in [0.1, 0.15) is 23.4 Å². The Hall–Kier alpha value is -4.42. The lowest BCUT2D eigenvalue weighted by atomic mass is 9.85. The first-order valence-corrected chi connectivity index (χ1v) is 19.9. The summed E-state index contributed by atoms with van der Waals surface area (Å²) in [6, 6.07) is 2.94. The number of nitrogens with one attached hydrogen (secondary N) is 3. The van der Waals surface area contributed by atoms with Crippen molar-refractivity contribution >= 4 is 33.8 Å². The number of alkyl carbamates (subject to hydrolysis) is 1. The van der Waals surface area contributed by atoms with Gasteiger partial charge >= 0.3 is 6.09 Å². The number of aromatic nitrogens is 4. The Labute approximate surface area is 312 Å². The van der Waals surface area contributed by atoms with Crippen molar-refractivity contribution in [3.63, 3.8) is 0 Å². The first-order valence-electron chi connectivity index (χ1n) is 18.4. The van der Waals surface area contributed by atoms with Crippen LogP contribution in [0.5, 0.6) is 5.75 Å². The molecule has 4 aliphatic rings. The summed E-state index contributed by atoms with van der Waals surface area (Å²) in [5.41, 5.74) is -1.61. The summed E-state index contributed by atoms with van der Waals surface area (Å²) in [5, 5.41) is 17.4. The van der Waals surface area contributed by atoms with Crippen molar-refractivity contribution in [2.75, 3.05) is 20.3 Å². The molecule has 0 radical (unpaired) electrons. The summed E-state index contributed by atoms with van der Waals surface area (Å²) in [4.78, 5) is 57.9. The number of sulfonamides is 1. The molecule has 1 saturated heterocycles. The highest BCUT2D eigenvalue weighted by Gasteiger charge is 2.57. The minimum atomic E-state index is -4.14. The van der Waals surface area contributed by atoms with E-state index in [1.807, 2.05) is 16.9 Å². The second-order valence-electron chi connectivity index (χ2n) is 15.9. The number of alkyl halides is 2. The fraction of sp³-hybridized carbons (Fsp3) is 0.686. The standard InChI is InChI=1S/C35H48F2N8O8S/c1-33(2,3)27-30(47)44-19-22(18-25(44)29(46)39-34(14-15-35(36,37)20-34)31(48)42-54(50,51)24-11-12-24)28-40-43-45(41-28)23-10-13-26(52-4)21(17-23)9-7-5-6-8-16-53-32(49)38-27/h10,13,17,22,24-25,27H,5-9,11-12,14-16,18-20H2,1-4H3,(H,38,49)(H,39,46)(H,42,48)/t22-,25+,27-,34-/m1/s1. The lowest BCUT2D eigenvalue weighted by Gasteiger charge is -2.36. The number of cyclic esters (lactones) is 1. The van der Waals surface area contributed by atoms with E-state index in [0.29, 0.717) is 37.1 Å². The van der Waals surface area contributed by atoms with Crippen LogP contribution < -0.4 is 20.1 Å². The van der Waals surface area contributed by atoms with Crippen molar-refractivity contribution in [3.05, 3.63) is 29.6 Å². The van der Waals surface area contributed by atoms with Crippen LogP contribution in [0.2, 0.25) is 0 Å². The number of aryl methyl sites for hydroxylation is 1. The average molecular weight is 779 g/mol. The van der Waals surface area contributed by atoms with E-state index < -0.39 is 93.2 Å². The maximum absolute atomic E-state index is 14.8. The van der Waals surface area contributed by atoms with Crippen molar-refractivity contribution in [2.24, 2.45) is 5.41 Å². The minimum absolute atomic E-state index is 0.0904. The molecule has 6 rings (SSSR count). The summed E-state index contributed by atoms with van der Waals surface area (Å²) in [6.45, 7) is 5.19. The van der Waals surface area contributed by atoms with E-state index in [4.69, 9.17) is 9.47 Å². The molecule has 0 spiro atoms. The lowest BCUT2D eigenvalue weighted by Crippen LogP contribution is -2.63. The van der Waals surface area contributed by atoms with Crippen LogP contribution in [0.3, 0.4) is 0 Å². The van der Waals surface area contributed by atoms with Gasteiger partial charge in [0.2, 0.25) is 21.8 Å². The number of halogens is 2. The number of fused-ring (bicyclic) bond motifs is 8. The molecule has 6 bridgehead atoms. The summed E-state index contributed by atoms with van der Waals surface area (Å²) in [6.07, 6.45) is 1.13. The Bertz CT molecular complexity index is 1880. The predicted octanol–water partition coefficient (Wildman–Crippen LogP) is 2.90. The summed E-state index contributed by atoms with van der Waals surface area (Å²) in [5.74, 6) is -6.00. The Morgan fingerprint density at radius 1 is 1.09 bits per heavy atom. The van der Waals surface area contributed by atoms with Gasteiger partial charge < -0.3 is 25.0 Å². The third-order valence-corrected chi connectivity index (χ3v) is 12.4. The number of ether oxygens (including phenoxy) is 2. The number of benzene rings is 1. The Morgan fingerprint density at radius 3 is 2.50 bits per heavy atom. The molecule has 54 heavy (non-hydrogen) atoms. The van der Waals surface area contributed by atoms with Crippen LogP contribution in [0.4, 0.5) is 13.6 Å². The van der Waals surface area contributed by atoms with Crippen LogP contribution >= 0.6 is 0 Å². The molecule has 2 aliphatic heterocycles. The quantitative estimate of drug-likeness (QED) is 0.389. The normalized spacial score (nSPS) is 26.7. The molecule has 296 valence electrons. The maximum atomic E-state index is 14.8. The first-order chi connectivity index (χ1) is 25.4. The van der Waals surface area contributed by atoms with Crippen molar-refractivity contribution < 1.29 is 45.9 Å². The molecule has 4 atom stereocenters. The Balaban J connectivity index is 1.34. The molecule has 3 N–H and O–H groups in total. The van der Waals surface area contributed by atoms with Gasteiger partial charge in [-0.3, -0.25) is 19.1 Å². The maximum Gasteiger partial charge on any atom is 0.407 e. The first kappa shape index (κ1) is 39.3. The van der Waals surface area contributed by atoms with Crippen LogP contribution in [0, 0.1) is 5.41 Å². The molecule has 3 heterocycles. The van der Waals surface area contributed by atoms with E-state index in [1.54, 1.807) is 33.9 Å². The summed E-state index contributed by atoms with van der Waals surface area (Å²) >= 11 is 0. The molecule has 2 aromatic rings. The van der Waals surface area contributed by atoms with Crippen LogP contribution in [0.25, 0.3) is 5.69 Å². The highest BCUT2D eigenvalue weighted by molar-refractivity contribution is 7.91. The number of methoxy groups -OCH3 is 1. The molecule has 4 amide bonds.